The number of amides is 4. The van der Waals surface area contributed by atoms with Gasteiger partial charge >= 0.3 is 6.09 Å². The summed E-state index contributed by atoms with van der Waals surface area (Å²) < 4.78 is 3.89. The first-order chi connectivity index (χ1) is 16.9. The normalized spacial score (nSPS) is 25.7. The van der Waals surface area contributed by atoms with Crippen molar-refractivity contribution in [3.8, 4) is 6.07 Å². The van der Waals surface area contributed by atoms with Crippen LogP contribution in [0.15, 0.2) is 0 Å². The number of rotatable bonds is 9. The number of likely N-dealkylation sites (tertiary alicyclic amines) is 1. The fraction of sp³-hybridized carbons (Fsp3) is 0.750. The Hall–Kier alpha value is -2.58. The van der Waals surface area contributed by atoms with Crippen molar-refractivity contribution in [2.45, 2.75) is 81.9 Å². The number of carbonyl (C=O) groups excluding carboxylic acids is 5. The number of nitriles is 1. The van der Waals surface area contributed by atoms with Gasteiger partial charge in [0.25, 0.3) is 5.91 Å². The molecule has 1 unspecified atom stereocenters. The molecule has 11 nitrogen and oxygen atoms in total. The van der Waals surface area contributed by atoms with Crippen molar-refractivity contribution in [3.05, 3.63) is 0 Å². The van der Waals surface area contributed by atoms with E-state index in [1.54, 1.807) is 20.8 Å². The highest BCUT2D eigenvalue weighted by molar-refractivity contribution is 6.51. The first-order valence-electron chi connectivity index (χ1n) is 12.1. The Balaban J connectivity index is 1.83. The third-order valence-corrected chi connectivity index (χ3v) is 8.08. The molecular formula is C24H33Cl2N5O6. The average Bonchev–Trinajstić information content (AvgIpc) is 3.62. The molecule has 1 saturated heterocycles. The van der Waals surface area contributed by atoms with Gasteiger partial charge in [-0.1, -0.05) is 33.6 Å². The molecule has 0 bridgehead atoms. The first-order valence-corrected chi connectivity index (χ1v) is 12.9. The van der Waals surface area contributed by atoms with Gasteiger partial charge in [-0.3, -0.25) is 19.2 Å². The maximum absolute atomic E-state index is 13.8. The summed E-state index contributed by atoms with van der Waals surface area (Å²) in [5.74, 6) is -4.12. The second-order valence-corrected chi connectivity index (χ2v) is 13.1. The topological polar surface area (TPSA) is 172 Å². The molecule has 37 heavy (non-hydrogen) atoms. The van der Waals surface area contributed by atoms with Crippen LogP contribution in [0.5, 0.6) is 0 Å². The summed E-state index contributed by atoms with van der Waals surface area (Å²) in [4.78, 5) is 65.0. The number of alkyl carbamates (subject to hydrolysis) is 1. The quantitative estimate of drug-likeness (QED) is 0.283. The number of primary amides is 1. The lowest BCUT2D eigenvalue weighted by Gasteiger charge is -2.37. The summed E-state index contributed by atoms with van der Waals surface area (Å²) in [5, 5.41) is 14.3. The van der Waals surface area contributed by atoms with Crippen LogP contribution in [-0.2, 0) is 23.9 Å². The van der Waals surface area contributed by atoms with Crippen LogP contribution in [0.4, 0.5) is 4.79 Å². The van der Waals surface area contributed by atoms with Gasteiger partial charge < -0.3 is 26.0 Å². The Morgan fingerprint density at radius 3 is 2.22 bits per heavy atom. The Morgan fingerprint density at radius 1 is 1.14 bits per heavy atom. The summed E-state index contributed by atoms with van der Waals surface area (Å²) >= 11 is 12.8. The third-order valence-electron chi connectivity index (χ3n) is 7.02. The van der Waals surface area contributed by atoms with Gasteiger partial charge in [0.1, 0.15) is 22.5 Å². The highest BCUT2D eigenvalue weighted by atomic mass is 35.5. The molecule has 2 saturated carbocycles. The minimum Gasteiger partial charge on any atom is -0.428 e. The predicted molar refractivity (Wildman–Crippen MR) is 133 cm³/mol. The number of hydrogen-bond donors (Lipinski definition) is 3. The minimum atomic E-state index is -1.42. The fourth-order valence-corrected chi connectivity index (χ4v) is 5.52. The lowest BCUT2D eigenvalue weighted by molar-refractivity contribution is -0.144. The van der Waals surface area contributed by atoms with E-state index in [-0.39, 0.29) is 18.9 Å². The van der Waals surface area contributed by atoms with Crippen molar-refractivity contribution in [3.63, 3.8) is 0 Å². The second-order valence-electron chi connectivity index (χ2n) is 11.7. The van der Waals surface area contributed by atoms with Crippen LogP contribution < -0.4 is 16.4 Å². The zero-order valence-corrected chi connectivity index (χ0v) is 23.0. The van der Waals surface area contributed by atoms with Gasteiger partial charge in [0.05, 0.1) is 6.04 Å². The molecule has 204 valence electrons. The number of Topliss-reactive ketones (excluding diaryl/α,β-unsaturated/α-hetero) is 1. The van der Waals surface area contributed by atoms with Crippen LogP contribution in [-0.4, -0.2) is 69.1 Å². The summed E-state index contributed by atoms with van der Waals surface area (Å²) in [6.45, 7) is 8.03. The van der Waals surface area contributed by atoms with E-state index in [0.29, 0.717) is 0 Å². The third kappa shape index (κ3) is 6.29. The molecule has 0 radical (unpaired) electrons. The van der Waals surface area contributed by atoms with E-state index in [1.807, 2.05) is 6.07 Å². The van der Waals surface area contributed by atoms with Gasteiger partial charge in [0.2, 0.25) is 17.6 Å². The maximum Gasteiger partial charge on any atom is 0.409 e. The Morgan fingerprint density at radius 2 is 1.73 bits per heavy atom. The van der Waals surface area contributed by atoms with Crippen molar-refractivity contribution >= 4 is 52.8 Å². The summed E-state index contributed by atoms with van der Waals surface area (Å²) in [6.07, 6.45) is 1.05. The molecule has 0 aromatic heterocycles. The lowest BCUT2D eigenvalue weighted by atomic mass is 9.85. The van der Waals surface area contributed by atoms with Gasteiger partial charge in [0, 0.05) is 18.4 Å². The average molecular weight is 558 g/mol. The van der Waals surface area contributed by atoms with Crippen molar-refractivity contribution in [2.75, 3.05) is 6.54 Å². The Bertz CT molecular complexity index is 1050. The number of fused-ring (bicyclic) bond motifs is 1. The molecule has 1 aliphatic heterocycles. The van der Waals surface area contributed by atoms with E-state index in [0.717, 1.165) is 12.8 Å². The summed E-state index contributed by atoms with van der Waals surface area (Å²) in [6, 6.07) is -1.53. The van der Waals surface area contributed by atoms with Gasteiger partial charge in [-0.2, -0.15) is 5.26 Å². The van der Waals surface area contributed by atoms with Gasteiger partial charge in [-0.15, -0.1) is 23.2 Å². The monoisotopic (exact) mass is 557 g/mol. The molecule has 3 fully saturated rings. The van der Waals surface area contributed by atoms with Crippen molar-refractivity contribution in [1.82, 2.24) is 15.5 Å². The van der Waals surface area contributed by atoms with Crippen molar-refractivity contribution in [2.24, 2.45) is 28.9 Å². The molecule has 4 N–H and O–H groups in total. The van der Waals surface area contributed by atoms with Crippen LogP contribution in [0, 0.1) is 34.5 Å². The number of nitrogens with two attached hydrogens (primary N) is 1. The van der Waals surface area contributed by atoms with E-state index in [4.69, 9.17) is 38.9 Å². The molecule has 0 spiro atoms. The number of halogens is 2. The number of ether oxygens (including phenoxy) is 1. The Kier molecular flexibility index (Phi) is 7.79. The number of nitrogens with one attached hydrogen (secondary N) is 2. The Labute approximate surface area is 225 Å². The summed E-state index contributed by atoms with van der Waals surface area (Å²) in [5.41, 5.74) is 2.95. The number of carbonyl (C=O) groups is 5. The molecule has 3 rings (SSSR count). The van der Waals surface area contributed by atoms with E-state index in [2.05, 4.69) is 10.6 Å². The molecule has 2 aliphatic carbocycles. The molecule has 13 heteroatoms. The largest absolute Gasteiger partial charge is 0.428 e. The summed E-state index contributed by atoms with van der Waals surface area (Å²) in [7, 11) is 0. The zero-order chi connectivity index (χ0) is 28.1. The fourth-order valence-electron chi connectivity index (χ4n) is 4.70. The van der Waals surface area contributed by atoms with Gasteiger partial charge in [-0.25, -0.2) is 4.79 Å². The number of hydrogen-bond acceptors (Lipinski definition) is 7. The molecule has 1 heterocycles. The highest BCUT2D eigenvalue weighted by Gasteiger charge is 2.74. The molecule has 0 aromatic rings. The van der Waals surface area contributed by atoms with Crippen molar-refractivity contribution < 1.29 is 28.7 Å². The number of alkyl halides is 2. The van der Waals surface area contributed by atoms with E-state index in [9.17, 15) is 24.0 Å². The van der Waals surface area contributed by atoms with Crippen LogP contribution in [0.1, 0.15) is 53.9 Å². The number of piperidine rings is 1. The molecular weight excluding hydrogens is 525 g/mol. The maximum atomic E-state index is 13.8. The molecule has 5 atom stereocenters. The van der Waals surface area contributed by atoms with Crippen LogP contribution in [0.25, 0.3) is 0 Å². The highest BCUT2D eigenvalue weighted by Crippen LogP contribution is 2.65. The molecule has 0 aromatic carbocycles. The van der Waals surface area contributed by atoms with Crippen molar-refractivity contribution in [1.29, 1.82) is 5.26 Å². The predicted octanol–water partition coefficient (Wildman–Crippen LogP) is 1.40. The van der Waals surface area contributed by atoms with E-state index < -0.39 is 74.9 Å². The van der Waals surface area contributed by atoms with E-state index in [1.165, 1.54) is 18.7 Å². The standard InChI is InChI=1S/C24H33Cl2N5O6/c1-22(2,3)17(30-21(36)37-23(4,5)10-27)20(35)31-9-12-14(24(12,25)26)15(31)19(34)29-13(8-11-6-7-11)16(32)18(28)33/h11-15,17H,6-9H2,1-5H3,(H2,28,33)(H,29,34)(H,30,36)/t12-,13?,14-,15-,17+/m0/s1. The van der Waals surface area contributed by atoms with Crippen LogP contribution in [0.2, 0.25) is 0 Å². The first kappa shape index (κ1) is 29.0. The number of ketones is 1. The molecule has 4 amide bonds. The smallest absolute Gasteiger partial charge is 0.409 e. The van der Waals surface area contributed by atoms with Gasteiger partial charge in [0.15, 0.2) is 5.60 Å². The SMILES string of the molecule is CC(C)(C#N)OC(=O)N[C@H](C(=O)N1C[C@H]2[C@@H]([C@H]1C(=O)NC(CC1CC1)C(=O)C(N)=O)C2(Cl)Cl)C(C)(C)C. The lowest BCUT2D eigenvalue weighted by Crippen LogP contribution is -2.61. The zero-order valence-electron chi connectivity index (χ0n) is 21.5. The van der Waals surface area contributed by atoms with Crippen LogP contribution >= 0.6 is 23.2 Å². The number of nitrogens with zero attached hydrogens (tertiary/aromatic N) is 2. The van der Waals surface area contributed by atoms with Crippen LogP contribution in [0.3, 0.4) is 0 Å². The minimum absolute atomic E-state index is 0.0542. The molecule has 3 aliphatic rings. The van der Waals surface area contributed by atoms with Gasteiger partial charge in [-0.05, 0) is 31.6 Å². The second kappa shape index (κ2) is 9.95. The van der Waals surface area contributed by atoms with E-state index >= 15 is 0 Å².